The lowest BCUT2D eigenvalue weighted by atomic mass is 10.1. The van der Waals surface area contributed by atoms with Crippen molar-refractivity contribution in [2.75, 3.05) is 11.3 Å². The molecule has 0 amide bonds. The van der Waals surface area contributed by atoms with Gasteiger partial charge in [-0.3, -0.25) is 4.72 Å². The minimum atomic E-state index is -3.52. The Hall–Kier alpha value is -1.99. The summed E-state index contributed by atoms with van der Waals surface area (Å²) in [6.07, 6.45) is 2.98. The van der Waals surface area contributed by atoms with Gasteiger partial charge in [-0.25, -0.2) is 18.4 Å². The summed E-state index contributed by atoms with van der Waals surface area (Å²) in [6, 6.07) is 9.12. The Labute approximate surface area is 124 Å². The Morgan fingerprint density at radius 1 is 1.10 bits per heavy atom. The van der Waals surface area contributed by atoms with Gasteiger partial charge in [0.1, 0.15) is 0 Å². The summed E-state index contributed by atoms with van der Waals surface area (Å²) < 4.78 is 26.5. The van der Waals surface area contributed by atoms with Crippen molar-refractivity contribution < 1.29 is 8.42 Å². The van der Waals surface area contributed by atoms with E-state index in [1.807, 2.05) is 25.1 Å². The van der Waals surface area contributed by atoms with E-state index in [-0.39, 0.29) is 11.7 Å². The van der Waals surface area contributed by atoms with Crippen molar-refractivity contribution in [3.8, 4) is 0 Å². The third-order valence-electron chi connectivity index (χ3n) is 2.74. The van der Waals surface area contributed by atoms with E-state index in [0.717, 1.165) is 24.2 Å². The van der Waals surface area contributed by atoms with Gasteiger partial charge in [0.2, 0.25) is 16.0 Å². The van der Waals surface area contributed by atoms with Gasteiger partial charge in [-0.05, 0) is 23.7 Å². The van der Waals surface area contributed by atoms with E-state index in [2.05, 4.69) is 20.0 Å². The van der Waals surface area contributed by atoms with Gasteiger partial charge in [0.25, 0.3) is 0 Å². The molecule has 0 aliphatic carbocycles. The van der Waals surface area contributed by atoms with Gasteiger partial charge in [0.15, 0.2) is 0 Å². The molecule has 7 heteroatoms. The van der Waals surface area contributed by atoms with Crippen LogP contribution in [0.1, 0.15) is 18.1 Å². The van der Waals surface area contributed by atoms with E-state index < -0.39 is 10.0 Å². The molecule has 2 aromatic rings. The molecule has 6 nitrogen and oxygen atoms in total. The van der Waals surface area contributed by atoms with E-state index >= 15 is 0 Å². The van der Waals surface area contributed by atoms with Crippen molar-refractivity contribution >= 4 is 16.0 Å². The lowest BCUT2D eigenvalue weighted by molar-refractivity contribution is 0.600. The Balaban J connectivity index is 2.06. The van der Waals surface area contributed by atoms with Crippen LogP contribution >= 0.6 is 0 Å². The number of hydrogen-bond donors (Lipinski definition) is 2. The average molecular weight is 306 g/mol. The number of anilines is 1. The summed E-state index contributed by atoms with van der Waals surface area (Å²) in [4.78, 5) is 7.70. The number of hydrogen-bond acceptors (Lipinski definition) is 5. The smallest absolute Gasteiger partial charge is 0.239 e. The molecule has 0 aliphatic heterocycles. The topological polar surface area (TPSA) is 84.0 Å². The van der Waals surface area contributed by atoms with Crippen molar-refractivity contribution in [1.82, 2.24) is 15.3 Å². The van der Waals surface area contributed by atoms with Gasteiger partial charge in [-0.2, -0.15) is 0 Å². The zero-order valence-corrected chi connectivity index (χ0v) is 12.6. The van der Waals surface area contributed by atoms with Crippen LogP contribution in [0.2, 0.25) is 0 Å². The van der Waals surface area contributed by atoms with E-state index in [1.54, 1.807) is 12.1 Å². The molecule has 1 aromatic carbocycles. The summed E-state index contributed by atoms with van der Waals surface area (Å²) in [7, 11) is -3.52. The zero-order valence-electron chi connectivity index (χ0n) is 11.8. The Kier molecular flexibility index (Phi) is 5.24. The molecule has 2 N–H and O–H groups in total. The molecule has 0 spiro atoms. The van der Waals surface area contributed by atoms with Gasteiger partial charge in [0, 0.05) is 18.9 Å². The minimum absolute atomic E-state index is 0.0845. The van der Waals surface area contributed by atoms with Crippen LogP contribution in [0.5, 0.6) is 0 Å². The molecule has 112 valence electrons. The molecule has 0 fully saturated rings. The lowest BCUT2D eigenvalue weighted by Gasteiger charge is -2.08. The van der Waals surface area contributed by atoms with E-state index in [1.165, 1.54) is 12.4 Å². The van der Waals surface area contributed by atoms with Crippen molar-refractivity contribution in [2.45, 2.75) is 19.2 Å². The summed E-state index contributed by atoms with van der Waals surface area (Å²) in [5.74, 6) is -0.0214. The SMILES string of the molecule is CCNCc1cccc(CS(=O)(=O)Nc2ncccn2)c1. The second-order valence-electron chi connectivity index (χ2n) is 4.53. The third kappa shape index (κ3) is 5.13. The van der Waals surface area contributed by atoms with Crippen LogP contribution in [0.4, 0.5) is 5.95 Å². The number of sulfonamides is 1. The molecule has 0 saturated carbocycles. The Morgan fingerprint density at radius 2 is 1.81 bits per heavy atom. The largest absolute Gasteiger partial charge is 0.313 e. The maximum Gasteiger partial charge on any atom is 0.239 e. The quantitative estimate of drug-likeness (QED) is 0.810. The lowest BCUT2D eigenvalue weighted by Crippen LogP contribution is -2.17. The summed E-state index contributed by atoms with van der Waals surface area (Å²) >= 11 is 0. The first kappa shape index (κ1) is 15.4. The monoisotopic (exact) mass is 306 g/mol. The fourth-order valence-corrected chi connectivity index (χ4v) is 2.92. The van der Waals surface area contributed by atoms with Crippen molar-refractivity contribution in [3.05, 3.63) is 53.9 Å². The maximum atomic E-state index is 12.1. The molecule has 1 aromatic heterocycles. The van der Waals surface area contributed by atoms with Crippen molar-refractivity contribution in [1.29, 1.82) is 0 Å². The molecule has 2 rings (SSSR count). The molecule has 0 bridgehead atoms. The van der Waals surface area contributed by atoms with Crippen LogP contribution in [0.25, 0.3) is 0 Å². The molecule has 0 unspecified atom stereocenters. The standard InChI is InChI=1S/C14H18N4O2S/c1-2-15-10-12-5-3-6-13(9-12)11-21(19,20)18-14-16-7-4-8-17-14/h3-9,15H,2,10-11H2,1H3,(H,16,17,18). The van der Waals surface area contributed by atoms with Crippen LogP contribution in [-0.4, -0.2) is 24.9 Å². The number of nitrogens with one attached hydrogen (secondary N) is 2. The van der Waals surface area contributed by atoms with Crippen molar-refractivity contribution in [3.63, 3.8) is 0 Å². The number of aromatic nitrogens is 2. The average Bonchev–Trinajstić information content (AvgIpc) is 2.45. The Bertz CT molecular complexity index is 674. The van der Waals surface area contributed by atoms with Gasteiger partial charge in [-0.15, -0.1) is 0 Å². The zero-order chi connectivity index (χ0) is 15.1. The first-order valence-corrected chi connectivity index (χ1v) is 8.30. The maximum absolute atomic E-state index is 12.1. The highest BCUT2D eigenvalue weighted by Crippen LogP contribution is 2.11. The summed E-state index contributed by atoms with van der Waals surface area (Å²) in [5, 5.41) is 3.21. The molecule has 1 heterocycles. The highest BCUT2D eigenvalue weighted by molar-refractivity contribution is 7.91. The van der Waals surface area contributed by atoms with Crippen LogP contribution in [0.3, 0.4) is 0 Å². The highest BCUT2D eigenvalue weighted by Gasteiger charge is 2.13. The molecule has 0 aliphatic rings. The number of benzene rings is 1. The first-order valence-electron chi connectivity index (χ1n) is 6.65. The Morgan fingerprint density at radius 3 is 2.52 bits per heavy atom. The molecule has 0 radical (unpaired) electrons. The van der Waals surface area contributed by atoms with Crippen molar-refractivity contribution in [2.24, 2.45) is 0 Å². The molecule has 21 heavy (non-hydrogen) atoms. The molecular formula is C14H18N4O2S. The molecule has 0 saturated heterocycles. The van der Waals surface area contributed by atoms with E-state index in [9.17, 15) is 8.42 Å². The number of nitrogens with zero attached hydrogens (tertiary/aromatic N) is 2. The summed E-state index contributed by atoms with van der Waals surface area (Å²) in [5.41, 5.74) is 1.79. The summed E-state index contributed by atoms with van der Waals surface area (Å²) in [6.45, 7) is 3.62. The number of rotatable bonds is 7. The predicted octanol–water partition coefficient (Wildman–Crippen LogP) is 1.53. The fraction of sp³-hybridized carbons (Fsp3) is 0.286. The van der Waals surface area contributed by atoms with Crippen LogP contribution in [0, 0.1) is 0 Å². The van der Waals surface area contributed by atoms with Gasteiger partial charge >= 0.3 is 0 Å². The van der Waals surface area contributed by atoms with E-state index in [4.69, 9.17) is 0 Å². The van der Waals surface area contributed by atoms with Gasteiger partial charge < -0.3 is 5.32 Å². The normalized spacial score (nSPS) is 11.3. The fourth-order valence-electron chi connectivity index (χ4n) is 1.85. The van der Waals surface area contributed by atoms with Crippen LogP contribution in [0.15, 0.2) is 42.7 Å². The van der Waals surface area contributed by atoms with Gasteiger partial charge in [0.05, 0.1) is 5.75 Å². The highest BCUT2D eigenvalue weighted by atomic mass is 32.2. The van der Waals surface area contributed by atoms with E-state index in [0.29, 0.717) is 0 Å². The first-order chi connectivity index (χ1) is 10.1. The second kappa shape index (κ2) is 7.14. The van der Waals surface area contributed by atoms with Crippen LogP contribution < -0.4 is 10.0 Å². The molecular weight excluding hydrogens is 288 g/mol. The third-order valence-corrected chi connectivity index (χ3v) is 3.95. The minimum Gasteiger partial charge on any atom is -0.313 e. The van der Waals surface area contributed by atoms with Gasteiger partial charge in [-0.1, -0.05) is 31.2 Å². The predicted molar refractivity (Wildman–Crippen MR) is 82.1 cm³/mol. The second-order valence-corrected chi connectivity index (χ2v) is 6.26. The van der Waals surface area contributed by atoms with Crippen LogP contribution in [-0.2, 0) is 22.3 Å². The molecule has 0 atom stereocenters.